The number of nitrogens with zero attached hydrogens (tertiary/aromatic N) is 2. The monoisotopic (exact) mass is 151 g/mol. The van der Waals surface area contributed by atoms with Gasteiger partial charge in [-0.1, -0.05) is 11.6 Å². The molecule has 0 aromatic carbocycles. The summed E-state index contributed by atoms with van der Waals surface area (Å²) in [4.78, 5) is 4.00. The molecule has 3 heteroatoms. The molecule has 0 N–H and O–H groups in total. The Morgan fingerprint density at radius 2 is 2.50 bits per heavy atom. The zero-order chi connectivity index (χ0) is 6.97. The van der Waals surface area contributed by atoms with Gasteiger partial charge in [0.1, 0.15) is 5.65 Å². The van der Waals surface area contributed by atoms with Crippen molar-refractivity contribution in [3.8, 4) is 0 Å². The molecule has 0 aliphatic rings. The van der Waals surface area contributed by atoms with E-state index in [4.69, 9.17) is 11.6 Å². The predicted octanol–water partition coefficient (Wildman–Crippen LogP) is 1.79. The molecule has 0 atom stereocenters. The van der Waals surface area contributed by atoms with Crippen molar-refractivity contribution in [2.75, 3.05) is 0 Å². The van der Waals surface area contributed by atoms with Crippen molar-refractivity contribution in [1.29, 1.82) is 0 Å². The highest BCUT2D eigenvalue weighted by atomic mass is 35.5. The molecule has 0 amide bonds. The lowest BCUT2D eigenvalue weighted by atomic mass is 10.5. The van der Waals surface area contributed by atoms with Gasteiger partial charge < -0.3 is 0 Å². The van der Waals surface area contributed by atoms with Crippen molar-refractivity contribution >= 4 is 17.2 Å². The summed E-state index contributed by atoms with van der Waals surface area (Å²) in [7, 11) is 0. The second-order valence-electron chi connectivity index (χ2n) is 1.96. The van der Waals surface area contributed by atoms with E-state index in [2.05, 4.69) is 11.2 Å². The Bertz CT molecular complexity index is 353. The number of rotatable bonds is 0. The Morgan fingerprint density at radius 1 is 1.60 bits per heavy atom. The number of hydrogen-bond donors (Lipinski definition) is 0. The Kier molecular flexibility index (Phi) is 1.14. The minimum atomic E-state index is 0.701. The summed E-state index contributed by atoms with van der Waals surface area (Å²) in [6, 6.07) is 3.59. The highest BCUT2D eigenvalue weighted by Gasteiger charge is 1.92. The standard InChI is InChI=1S/C7H4ClN2/c8-6-1-3-10-4-2-9-7(10)5-6/h1-3,5H. The summed E-state index contributed by atoms with van der Waals surface area (Å²) in [6.07, 6.45) is 6.33. The van der Waals surface area contributed by atoms with E-state index in [-0.39, 0.29) is 0 Å². The molecule has 0 aliphatic carbocycles. The highest BCUT2D eigenvalue weighted by molar-refractivity contribution is 6.30. The van der Waals surface area contributed by atoms with Crippen LogP contribution in [0.15, 0.2) is 24.5 Å². The third-order valence-corrected chi connectivity index (χ3v) is 1.53. The zero-order valence-electron chi connectivity index (χ0n) is 5.08. The lowest BCUT2D eigenvalue weighted by molar-refractivity contribution is 1.18. The van der Waals surface area contributed by atoms with Gasteiger partial charge >= 0.3 is 0 Å². The van der Waals surface area contributed by atoms with E-state index >= 15 is 0 Å². The molecule has 0 aliphatic heterocycles. The fourth-order valence-electron chi connectivity index (χ4n) is 0.829. The maximum atomic E-state index is 5.71. The van der Waals surface area contributed by atoms with Gasteiger partial charge in [0.2, 0.25) is 0 Å². The van der Waals surface area contributed by atoms with E-state index < -0.39 is 0 Å². The SMILES string of the molecule is Clc1ccn2[c]cnc2c1. The summed E-state index contributed by atoms with van der Waals surface area (Å²) in [5.74, 6) is 0. The molecule has 2 nitrogen and oxygen atoms in total. The van der Waals surface area contributed by atoms with Crippen LogP contribution in [0.5, 0.6) is 0 Å². The van der Waals surface area contributed by atoms with Crippen LogP contribution in [-0.2, 0) is 0 Å². The Labute approximate surface area is 63.1 Å². The maximum absolute atomic E-state index is 5.71. The molecule has 0 fully saturated rings. The quantitative estimate of drug-likeness (QED) is 0.561. The van der Waals surface area contributed by atoms with Gasteiger partial charge in [-0.15, -0.1) is 0 Å². The predicted molar refractivity (Wildman–Crippen MR) is 39.0 cm³/mol. The molecule has 0 spiro atoms. The summed E-state index contributed by atoms with van der Waals surface area (Å²) in [5, 5.41) is 0.701. The lowest BCUT2D eigenvalue weighted by Gasteiger charge is -1.90. The van der Waals surface area contributed by atoms with E-state index in [0.717, 1.165) is 5.65 Å². The van der Waals surface area contributed by atoms with Crippen LogP contribution in [0.1, 0.15) is 0 Å². The largest absolute Gasteiger partial charge is 0.298 e. The second kappa shape index (κ2) is 1.99. The maximum Gasteiger partial charge on any atom is 0.138 e. The van der Waals surface area contributed by atoms with Gasteiger partial charge in [-0.25, -0.2) is 4.98 Å². The van der Waals surface area contributed by atoms with Crippen LogP contribution in [0.25, 0.3) is 5.65 Å². The molecule has 1 radical (unpaired) electrons. The van der Waals surface area contributed by atoms with Crippen molar-refractivity contribution in [2.45, 2.75) is 0 Å². The number of pyridine rings is 1. The lowest BCUT2D eigenvalue weighted by Crippen LogP contribution is -1.79. The minimum Gasteiger partial charge on any atom is -0.298 e. The normalized spacial score (nSPS) is 10.5. The zero-order valence-corrected chi connectivity index (χ0v) is 5.84. The van der Waals surface area contributed by atoms with Crippen molar-refractivity contribution < 1.29 is 0 Å². The Hall–Kier alpha value is -1.02. The van der Waals surface area contributed by atoms with Gasteiger partial charge in [-0.3, -0.25) is 4.40 Å². The van der Waals surface area contributed by atoms with Gasteiger partial charge in [0, 0.05) is 17.3 Å². The van der Waals surface area contributed by atoms with Gasteiger partial charge in [-0.05, 0) is 6.07 Å². The first-order valence-corrected chi connectivity index (χ1v) is 3.24. The number of aromatic nitrogens is 2. The second-order valence-corrected chi connectivity index (χ2v) is 2.40. The van der Waals surface area contributed by atoms with Gasteiger partial charge in [0.25, 0.3) is 0 Å². The molecule has 0 saturated carbocycles. The molecule has 0 saturated heterocycles. The average Bonchev–Trinajstić information content (AvgIpc) is 2.33. The number of halogens is 1. The van der Waals surface area contributed by atoms with Crippen LogP contribution in [0.3, 0.4) is 0 Å². The van der Waals surface area contributed by atoms with Crippen LogP contribution in [-0.4, -0.2) is 9.38 Å². The van der Waals surface area contributed by atoms with Crippen molar-refractivity contribution in [2.24, 2.45) is 0 Å². The molecule has 2 heterocycles. The third kappa shape index (κ3) is 0.772. The summed E-state index contributed by atoms with van der Waals surface area (Å²) in [6.45, 7) is 0. The molecular formula is C7H4ClN2. The number of fused-ring (bicyclic) bond motifs is 1. The van der Waals surface area contributed by atoms with Crippen molar-refractivity contribution in [1.82, 2.24) is 9.38 Å². The summed E-state index contributed by atoms with van der Waals surface area (Å²) < 4.78 is 1.78. The van der Waals surface area contributed by atoms with Gasteiger partial charge in [0.15, 0.2) is 0 Å². The van der Waals surface area contributed by atoms with Gasteiger partial charge in [0.05, 0.1) is 12.4 Å². The first-order valence-electron chi connectivity index (χ1n) is 2.86. The number of hydrogen-bond acceptors (Lipinski definition) is 1. The Morgan fingerprint density at radius 3 is 3.40 bits per heavy atom. The minimum absolute atomic E-state index is 0.701. The molecule has 49 valence electrons. The first-order chi connectivity index (χ1) is 4.86. The molecule has 2 aromatic rings. The van der Waals surface area contributed by atoms with Crippen LogP contribution in [0.2, 0.25) is 5.02 Å². The Balaban J connectivity index is 2.86. The van der Waals surface area contributed by atoms with Crippen molar-refractivity contribution in [3.05, 3.63) is 35.7 Å². The van der Waals surface area contributed by atoms with Crippen LogP contribution in [0, 0.1) is 6.20 Å². The molecule has 10 heavy (non-hydrogen) atoms. The summed E-state index contributed by atoms with van der Waals surface area (Å²) >= 11 is 5.71. The van der Waals surface area contributed by atoms with E-state index in [9.17, 15) is 0 Å². The van der Waals surface area contributed by atoms with Gasteiger partial charge in [-0.2, -0.15) is 0 Å². The average molecular weight is 152 g/mol. The topological polar surface area (TPSA) is 17.3 Å². The van der Waals surface area contributed by atoms with E-state index in [1.807, 2.05) is 6.20 Å². The highest BCUT2D eigenvalue weighted by Crippen LogP contribution is 2.09. The van der Waals surface area contributed by atoms with Crippen molar-refractivity contribution in [3.63, 3.8) is 0 Å². The fraction of sp³-hybridized carbons (Fsp3) is 0. The smallest absolute Gasteiger partial charge is 0.138 e. The van der Waals surface area contributed by atoms with E-state index in [0.29, 0.717) is 5.02 Å². The first kappa shape index (κ1) is 5.74. The number of imidazole rings is 1. The van der Waals surface area contributed by atoms with E-state index in [1.54, 1.807) is 22.7 Å². The molecular weight excluding hydrogens is 148 g/mol. The molecule has 0 unspecified atom stereocenters. The molecule has 0 bridgehead atoms. The van der Waals surface area contributed by atoms with Crippen LogP contribution in [0.4, 0.5) is 0 Å². The molecule has 2 aromatic heterocycles. The summed E-state index contributed by atoms with van der Waals surface area (Å²) in [5.41, 5.74) is 0.826. The molecule has 2 rings (SSSR count). The van der Waals surface area contributed by atoms with Crippen LogP contribution >= 0.6 is 11.6 Å². The fourth-order valence-corrected chi connectivity index (χ4v) is 0.983. The van der Waals surface area contributed by atoms with Crippen LogP contribution < -0.4 is 0 Å². The third-order valence-electron chi connectivity index (χ3n) is 1.29. The van der Waals surface area contributed by atoms with E-state index in [1.165, 1.54) is 0 Å².